The van der Waals surface area contributed by atoms with Gasteiger partial charge < -0.3 is 5.32 Å². The Balaban J connectivity index is 2.22. The van der Waals surface area contributed by atoms with E-state index in [0.717, 1.165) is 25.0 Å². The fourth-order valence-corrected chi connectivity index (χ4v) is 4.35. The van der Waals surface area contributed by atoms with E-state index in [9.17, 15) is 13.0 Å². The Labute approximate surface area is 108 Å². The van der Waals surface area contributed by atoms with Crippen molar-refractivity contribution in [3.05, 3.63) is 29.8 Å². The fraction of sp³-hybridized carbons (Fsp3) is 0.538. The van der Waals surface area contributed by atoms with Crippen LogP contribution >= 0.6 is 0 Å². The predicted octanol–water partition coefficient (Wildman–Crippen LogP) is 2.46. The van der Waals surface area contributed by atoms with Crippen LogP contribution in [0.2, 0.25) is 0 Å². The predicted molar refractivity (Wildman–Crippen MR) is 67.8 cm³/mol. The first-order valence-corrected chi connectivity index (χ1v) is 7.28. The second-order valence-corrected chi connectivity index (χ2v) is 6.38. The molecule has 100 valence electrons. The standard InChI is InChI=1S/C13H17F2NOS/c1-8-11(16-2)4-6-12(8)18(17)13-5-3-9(14)7-10(13)15/h3,5,7-8,11-12,16H,4,6H2,1-2H3. The van der Waals surface area contributed by atoms with Gasteiger partial charge in [-0.25, -0.2) is 8.78 Å². The molecular formula is C13H17F2NOS. The van der Waals surface area contributed by atoms with Crippen LogP contribution in [0.5, 0.6) is 0 Å². The molecule has 0 amide bonds. The van der Waals surface area contributed by atoms with Gasteiger partial charge in [0.2, 0.25) is 0 Å². The van der Waals surface area contributed by atoms with E-state index in [1.54, 1.807) is 0 Å². The summed E-state index contributed by atoms with van der Waals surface area (Å²) in [7, 11) is 0.467. The van der Waals surface area contributed by atoms with Crippen LogP contribution in [0.4, 0.5) is 8.78 Å². The Morgan fingerprint density at radius 1 is 1.33 bits per heavy atom. The van der Waals surface area contributed by atoms with E-state index in [1.165, 1.54) is 6.07 Å². The van der Waals surface area contributed by atoms with E-state index in [-0.39, 0.29) is 16.1 Å². The van der Waals surface area contributed by atoms with Gasteiger partial charge in [0.25, 0.3) is 0 Å². The van der Waals surface area contributed by atoms with Gasteiger partial charge in [-0.2, -0.15) is 0 Å². The summed E-state index contributed by atoms with van der Waals surface area (Å²) < 4.78 is 38.8. The van der Waals surface area contributed by atoms with Gasteiger partial charge in [0.1, 0.15) is 11.6 Å². The zero-order chi connectivity index (χ0) is 13.3. The molecule has 0 aliphatic heterocycles. The van der Waals surface area contributed by atoms with Gasteiger partial charge in [-0.05, 0) is 37.9 Å². The number of halogens is 2. The number of benzene rings is 1. The first-order chi connectivity index (χ1) is 8.54. The maximum absolute atomic E-state index is 13.6. The molecule has 4 unspecified atom stereocenters. The van der Waals surface area contributed by atoms with Crippen LogP contribution in [-0.4, -0.2) is 22.5 Å². The summed E-state index contributed by atoms with van der Waals surface area (Å²) in [6, 6.07) is 3.57. The van der Waals surface area contributed by atoms with E-state index in [2.05, 4.69) is 5.32 Å². The lowest BCUT2D eigenvalue weighted by Gasteiger charge is -2.20. The summed E-state index contributed by atoms with van der Waals surface area (Å²) in [6.07, 6.45) is 1.74. The largest absolute Gasteiger partial charge is 0.317 e. The normalized spacial score (nSPS) is 29.4. The molecule has 1 aliphatic carbocycles. The molecule has 0 bridgehead atoms. The number of hydrogen-bond acceptors (Lipinski definition) is 2. The highest BCUT2D eigenvalue weighted by molar-refractivity contribution is 7.85. The third-order valence-corrected chi connectivity index (χ3v) is 5.72. The van der Waals surface area contributed by atoms with Gasteiger partial charge >= 0.3 is 0 Å². The van der Waals surface area contributed by atoms with E-state index in [0.29, 0.717) is 6.04 Å². The summed E-state index contributed by atoms with van der Waals surface area (Å²) in [5, 5.41) is 3.12. The van der Waals surface area contributed by atoms with Gasteiger partial charge in [0.15, 0.2) is 0 Å². The molecule has 0 aromatic heterocycles. The van der Waals surface area contributed by atoms with Gasteiger partial charge in [-0.15, -0.1) is 0 Å². The van der Waals surface area contributed by atoms with Crippen LogP contribution in [0.15, 0.2) is 23.1 Å². The average molecular weight is 273 g/mol. The third-order valence-electron chi connectivity index (χ3n) is 3.74. The van der Waals surface area contributed by atoms with Crippen LogP contribution < -0.4 is 5.32 Å². The Morgan fingerprint density at radius 2 is 2.06 bits per heavy atom. The molecule has 5 heteroatoms. The fourth-order valence-electron chi connectivity index (χ4n) is 2.64. The molecule has 1 aromatic carbocycles. The topological polar surface area (TPSA) is 29.1 Å². The van der Waals surface area contributed by atoms with E-state index < -0.39 is 22.4 Å². The quantitative estimate of drug-likeness (QED) is 0.916. The van der Waals surface area contributed by atoms with Gasteiger partial charge in [0, 0.05) is 17.4 Å². The lowest BCUT2D eigenvalue weighted by molar-refractivity contribution is 0.459. The van der Waals surface area contributed by atoms with Crippen molar-refractivity contribution in [1.82, 2.24) is 5.32 Å². The molecule has 0 heterocycles. The van der Waals surface area contributed by atoms with Crippen LogP contribution in [0.25, 0.3) is 0 Å². The molecule has 1 N–H and O–H groups in total. The molecular weight excluding hydrogens is 256 g/mol. The van der Waals surface area contributed by atoms with Gasteiger partial charge in [0.05, 0.1) is 15.7 Å². The molecule has 1 fully saturated rings. The van der Waals surface area contributed by atoms with E-state index in [1.807, 2.05) is 14.0 Å². The maximum Gasteiger partial charge on any atom is 0.142 e. The van der Waals surface area contributed by atoms with Crippen molar-refractivity contribution in [3.63, 3.8) is 0 Å². The SMILES string of the molecule is CNC1CCC(S(=O)c2ccc(F)cc2F)C1C. The monoisotopic (exact) mass is 273 g/mol. The molecule has 2 nitrogen and oxygen atoms in total. The smallest absolute Gasteiger partial charge is 0.142 e. The molecule has 0 saturated heterocycles. The summed E-state index contributed by atoms with van der Waals surface area (Å²) >= 11 is 0. The molecule has 2 rings (SSSR count). The van der Waals surface area contributed by atoms with Crippen LogP contribution in [0.1, 0.15) is 19.8 Å². The van der Waals surface area contributed by atoms with Crippen molar-refractivity contribution in [2.45, 2.75) is 36.0 Å². The highest BCUT2D eigenvalue weighted by Gasteiger charge is 2.36. The lowest BCUT2D eigenvalue weighted by Crippen LogP contribution is -2.32. The van der Waals surface area contributed by atoms with Crippen LogP contribution in [-0.2, 0) is 10.8 Å². The molecule has 1 aliphatic rings. The molecule has 4 atom stereocenters. The molecule has 18 heavy (non-hydrogen) atoms. The molecule has 1 aromatic rings. The second kappa shape index (κ2) is 5.45. The zero-order valence-electron chi connectivity index (χ0n) is 10.5. The minimum Gasteiger partial charge on any atom is -0.317 e. The lowest BCUT2D eigenvalue weighted by atomic mass is 10.1. The van der Waals surface area contributed by atoms with Crippen LogP contribution in [0.3, 0.4) is 0 Å². The highest BCUT2D eigenvalue weighted by atomic mass is 32.2. The van der Waals surface area contributed by atoms with Gasteiger partial charge in [-0.1, -0.05) is 6.92 Å². The maximum atomic E-state index is 13.6. The van der Waals surface area contributed by atoms with Crippen molar-refractivity contribution >= 4 is 10.8 Å². The second-order valence-electron chi connectivity index (χ2n) is 4.74. The minimum absolute atomic E-state index is 0.0672. The van der Waals surface area contributed by atoms with Crippen molar-refractivity contribution in [2.75, 3.05) is 7.05 Å². The number of rotatable bonds is 3. The zero-order valence-corrected chi connectivity index (χ0v) is 11.3. The summed E-state index contributed by atoms with van der Waals surface area (Å²) in [6.45, 7) is 2.03. The van der Waals surface area contributed by atoms with Crippen molar-refractivity contribution in [2.24, 2.45) is 5.92 Å². The summed E-state index contributed by atoms with van der Waals surface area (Å²) in [4.78, 5) is 0.116. The average Bonchev–Trinajstić information content (AvgIpc) is 2.69. The Morgan fingerprint density at radius 3 is 2.61 bits per heavy atom. The van der Waals surface area contributed by atoms with E-state index >= 15 is 0 Å². The molecule has 0 spiro atoms. The number of hydrogen-bond donors (Lipinski definition) is 1. The minimum atomic E-state index is -1.41. The highest BCUT2D eigenvalue weighted by Crippen LogP contribution is 2.33. The third kappa shape index (κ3) is 2.47. The van der Waals surface area contributed by atoms with Crippen molar-refractivity contribution < 1.29 is 13.0 Å². The number of nitrogens with one attached hydrogen (secondary N) is 1. The first-order valence-electron chi connectivity index (χ1n) is 6.07. The van der Waals surface area contributed by atoms with E-state index in [4.69, 9.17) is 0 Å². The van der Waals surface area contributed by atoms with Crippen molar-refractivity contribution in [3.8, 4) is 0 Å². The molecule has 1 saturated carbocycles. The molecule has 0 radical (unpaired) electrons. The van der Waals surface area contributed by atoms with Crippen molar-refractivity contribution in [1.29, 1.82) is 0 Å². The Hall–Kier alpha value is -0.810. The summed E-state index contributed by atoms with van der Waals surface area (Å²) in [5.74, 6) is -1.13. The Kier molecular flexibility index (Phi) is 4.12. The summed E-state index contributed by atoms with van der Waals surface area (Å²) in [5.41, 5.74) is 0. The Bertz CT molecular complexity index is 466. The van der Waals surface area contributed by atoms with Crippen LogP contribution in [0, 0.1) is 17.6 Å². The van der Waals surface area contributed by atoms with Gasteiger partial charge in [-0.3, -0.25) is 4.21 Å². The first kappa shape index (κ1) is 13.6.